The Morgan fingerprint density at radius 2 is 1.90 bits per heavy atom. The molecule has 0 atom stereocenters. The number of aromatic nitrogens is 4. The molecule has 8 heteroatoms. The normalized spacial score (nSPS) is 10.9. The highest BCUT2D eigenvalue weighted by Crippen LogP contribution is 2.30. The maximum Gasteiger partial charge on any atom is 0.259 e. The van der Waals surface area contributed by atoms with E-state index in [9.17, 15) is 4.79 Å². The van der Waals surface area contributed by atoms with E-state index in [-0.39, 0.29) is 11.5 Å². The van der Waals surface area contributed by atoms with Gasteiger partial charge in [-0.25, -0.2) is 14.6 Å². The first-order valence-electron chi connectivity index (χ1n) is 8.91. The van der Waals surface area contributed by atoms with Gasteiger partial charge in [0.1, 0.15) is 11.6 Å². The highest BCUT2D eigenvalue weighted by Gasteiger charge is 2.20. The SMILES string of the molecule is COc1ccc(-n2nc(C)c3c(Cl)c(C(=O)Nc4cccc(C)n4)cnc32)cc1. The molecule has 0 saturated heterocycles. The molecule has 0 aliphatic heterocycles. The minimum atomic E-state index is -0.376. The monoisotopic (exact) mass is 407 g/mol. The second-order valence-corrected chi connectivity index (χ2v) is 6.88. The van der Waals surface area contributed by atoms with Gasteiger partial charge in [-0.15, -0.1) is 0 Å². The summed E-state index contributed by atoms with van der Waals surface area (Å²) in [5.41, 5.74) is 3.13. The first-order valence-corrected chi connectivity index (χ1v) is 9.29. The van der Waals surface area contributed by atoms with Gasteiger partial charge in [0, 0.05) is 11.9 Å². The van der Waals surface area contributed by atoms with E-state index < -0.39 is 0 Å². The zero-order valence-corrected chi connectivity index (χ0v) is 16.9. The summed E-state index contributed by atoms with van der Waals surface area (Å²) in [6.07, 6.45) is 1.46. The second-order valence-electron chi connectivity index (χ2n) is 6.50. The van der Waals surface area contributed by atoms with E-state index in [1.807, 2.05) is 50.2 Å². The molecule has 1 N–H and O–H groups in total. The smallest absolute Gasteiger partial charge is 0.259 e. The van der Waals surface area contributed by atoms with Crippen LogP contribution in [-0.2, 0) is 0 Å². The van der Waals surface area contributed by atoms with Gasteiger partial charge in [-0.3, -0.25) is 4.79 Å². The molecule has 0 spiro atoms. The predicted molar refractivity (Wildman–Crippen MR) is 112 cm³/mol. The van der Waals surface area contributed by atoms with Crippen LogP contribution in [0.15, 0.2) is 48.7 Å². The highest BCUT2D eigenvalue weighted by atomic mass is 35.5. The molecule has 7 nitrogen and oxygen atoms in total. The third-order valence-corrected chi connectivity index (χ3v) is 4.89. The number of halogens is 1. The van der Waals surface area contributed by atoms with Crippen LogP contribution in [-0.4, -0.2) is 32.8 Å². The Labute approximate surface area is 172 Å². The number of ether oxygens (including phenoxy) is 1. The van der Waals surface area contributed by atoms with Crippen LogP contribution in [0.25, 0.3) is 16.7 Å². The van der Waals surface area contributed by atoms with Gasteiger partial charge in [0.15, 0.2) is 5.65 Å². The number of fused-ring (bicyclic) bond motifs is 1. The van der Waals surface area contributed by atoms with E-state index in [0.29, 0.717) is 27.6 Å². The minimum absolute atomic E-state index is 0.264. The van der Waals surface area contributed by atoms with Crippen molar-refractivity contribution < 1.29 is 9.53 Å². The standard InChI is InChI=1S/C21H18ClN5O2/c1-12-5-4-6-17(24-12)25-21(28)16-11-23-20-18(19(16)22)13(2)26-27(20)14-7-9-15(29-3)10-8-14/h4-11H,1-3H3,(H,24,25,28). The van der Waals surface area contributed by atoms with Crippen LogP contribution >= 0.6 is 11.6 Å². The Balaban J connectivity index is 1.74. The van der Waals surface area contributed by atoms with E-state index in [4.69, 9.17) is 16.3 Å². The number of aryl methyl sites for hydroxylation is 2. The van der Waals surface area contributed by atoms with Crippen LogP contribution in [0.5, 0.6) is 5.75 Å². The first kappa shape index (κ1) is 18.9. The van der Waals surface area contributed by atoms with E-state index in [2.05, 4.69) is 20.4 Å². The fourth-order valence-electron chi connectivity index (χ4n) is 3.07. The number of pyridine rings is 2. The van der Waals surface area contributed by atoms with Gasteiger partial charge < -0.3 is 10.1 Å². The number of rotatable bonds is 4. The number of hydrogen-bond acceptors (Lipinski definition) is 5. The lowest BCUT2D eigenvalue weighted by molar-refractivity contribution is 0.102. The number of benzene rings is 1. The highest BCUT2D eigenvalue weighted by molar-refractivity contribution is 6.39. The molecule has 1 amide bonds. The average molecular weight is 408 g/mol. The lowest BCUT2D eigenvalue weighted by Gasteiger charge is -2.08. The number of amides is 1. The Hall–Kier alpha value is -3.45. The van der Waals surface area contributed by atoms with Gasteiger partial charge in [-0.05, 0) is 50.2 Å². The number of nitrogens with zero attached hydrogens (tertiary/aromatic N) is 4. The molecule has 0 aliphatic rings. The van der Waals surface area contributed by atoms with Crippen molar-refractivity contribution in [1.82, 2.24) is 19.7 Å². The van der Waals surface area contributed by atoms with Crippen molar-refractivity contribution >= 4 is 34.4 Å². The molecule has 0 saturated carbocycles. The molecule has 1 aromatic carbocycles. The number of nitrogens with one attached hydrogen (secondary N) is 1. The quantitative estimate of drug-likeness (QED) is 0.544. The van der Waals surface area contributed by atoms with Crippen LogP contribution in [0.2, 0.25) is 5.02 Å². The van der Waals surface area contributed by atoms with Crippen molar-refractivity contribution in [2.75, 3.05) is 12.4 Å². The molecule has 0 aliphatic carbocycles. The molecule has 0 fully saturated rings. The van der Waals surface area contributed by atoms with Crippen LogP contribution in [0.3, 0.4) is 0 Å². The molecule has 4 rings (SSSR count). The molecular weight excluding hydrogens is 390 g/mol. The lowest BCUT2D eigenvalue weighted by atomic mass is 10.2. The van der Waals surface area contributed by atoms with Crippen molar-refractivity contribution in [3.05, 3.63) is 70.6 Å². The van der Waals surface area contributed by atoms with Crippen molar-refractivity contribution in [2.24, 2.45) is 0 Å². The zero-order valence-electron chi connectivity index (χ0n) is 16.1. The summed E-state index contributed by atoms with van der Waals surface area (Å²) in [6.45, 7) is 3.69. The maximum atomic E-state index is 12.7. The Morgan fingerprint density at radius 3 is 2.59 bits per heavy atom. The molecule has 4 aromatic rings. The zero-order chi connectivity index (χ0) is 20.5. The number of methoxy groups -OCH3 is 1. The Bertz CT molecular complexity index is 1220. The summed E-state index contributed by atoms with van der Waals surface area (Å²) in [6, 6.07) is 12.8. The van der Waals surface area contributed by atoms with Crippen LogP contribution in [0, 0.1) is 13.8 Å². The lowest BCUT2D eigenvalue weighted by Crippen LogP contribution is -2.14. The third-order valence-electron chi connectivity index (χ3n) is 4.50. The van der Waals surface area contributed by atoms with Gasteiger partial charge in [0.05, 0.1) is 34.5 Å². The van der Waals surface area contributed by atoms with E-state index >= 15 is 0 Å². The fourth-order valence-corrected chi connectivity index (χ4v) is 3.42. The van der Waals surface area contributed by atoms with Crippen molar-refractivity contribution in [1.29, 1.82) is 0 Å². The molecular formula is C21H18ClN5O2. The van der Waals surface area contributed by atoms with Gasteiger partial charge in [0.25, 0.3) is 5.91 Å². The fraction of sp³-hybridized carbons (Fsp3) is 0.143. The number of carbonyl (C=O) groups excluding carboxylic acids is 1. The molecule has 3 aromatic heterocycles. The van der Waals surface area contributed by atoms with Crippen LogP contribution in [0.4, 0.5) is 5.82 Å². The van der Waals surface area contributed by atoms with E-state index in [0.717, 1.165) is 17.1 Å². The Morgan fingerprint density at radius 1 is 1.14 bits per heavy atom. The number of anilines is 1. The second kappa shape index (κ2) is 7.52. The summed E-state index contributed by atoms with van der Waals surface area (Å²) < 4.78 is 6.89. The minimum Gasteiger partial charge on any atom is -0.497 e. The van der Waals surface area contributed by atoms with Crippen molar-refractivity contribution in [3.8, 4) is 11.4 Å². The van der Waals surface area contributed by atoms with Crippen molar-refractivity contribution in [2.45, 2.75) is 13.8 Å². The van der Waals surface area contributed by atoms with E-state index in [1.54, 1.807) is 17.9 Å². The van der Waals surface area contributed by atoms with E-state index in [1.165, 1.54) is 6.20 Å². The average Bonchev–Trinajstić information content (AvgIpc) is 3.05. The van der Waals surface area contributed by atoms with Gasteiger partial charge in [-0.1, -0.05) is 17.7 Å². The number of carbonyl (C=O) groups is 1. The van der Waals surface area contributed by atoms with Gasteiger partial charge >= 0.3 is 0 Å². The summed E-state index contributed by atoms with van der Waals surface area (Å²) in [5, 5.41) is 8.25. The molecule has 146 valence electrons. The molecule has 0 unspecified atom stereocenters. The first-order chi connectivity index (χ1) is 14.0. The van der Waals surface area contributed by atoms with Gasteiger partial charge in [0.2, 0.25) is 0 Å². The van der Waals surface area contributed by atoms with Crippen molar-refractivity contribution in [3.63, 3.8) is 0 Å². The summed E-state index contributed by atoms with van der Waals surface area (Å²) in [4.78, 5) is 21.5. The third kappa shape index (κ3) is 3.52. The Kier molecular flexibility index (Phi) is 4.90. The van der Waals surface area contributed by atoms with Crippen LogP contribution in [0.1, 0.15) is 21.7 Å². The predicted octanol–water partition coefficient (Wildman–Crippen LogP) is 4.35. The molecule has 3 heterocycles. The largest absolute Gasteiger partial charge is 0.497 e. The molecule has 0 radical (unpaired) electrons. The molecule has 0 bridgehead atoms. The number of hydrogen-bond donors (Lipinski definition) is 1. The summed E-state index contributed by atoms with van der Waals surface area (Å²) in [7, 11) is 1.61. The summed E-state index contributed by atoms with van der Waals surface area (Å²) in [5.74, 6) is 0.826. The van der Waals surface area contributed by atoms with Crippen LogP contribution < -0.4 is 10.1 Å². The summed E-state index contributed by atoms with van der Waals surface area (Å²) >= 11 is 6.59. The topological polar surface area (TPSA) is 81.9 Å². The van der Waals surface area contributed by atoms with Gasteiger partial charge in [-0.2, -0.15) is 5.10 Å². The maximum absolute atomic E-state index is 12.7. The molecule has 29 heavy (non-hydrogen) atoms.